The van der Waals surface area contributed by atoms with E-state index >= 15 is 0 Å². The minimum atomic E-state index is -0.262. The summed E-state index contributed by atoms with van der Waals surface area (Å²) in [5.41, 5.74) is 0.860. The Bertz CT molecular complexity index is 553. The van der Waals surface area contributed by atoms with Crippen molar-refractivity contribution in [2.45, 2.75) is 6.92 Å². The number of aryl methyl sites for hydroxylation is 2. The standard InChI is InChI=1S/C11H12N4O2/c1-8-5-10(14-17-8)13-11(16)4-3-9-6-12-15(2)7-9/h3-7H,1-2H3,(H,13,14,16)/b4-3-. The number of hydrogen-bond donors (Lipinski definition) is 1. The molecular weight excluding hydrogens is 220 g/mol. The van der Waals surface area contributed by atoms with Crippen LogP contribution in [0.25, 0.3) is 6.08 Å². The van der Waals surface area contributed by atoms with Gasteiger partial charge < -0.3 is 9.84 Å². The zero-order valence-electron chi connectivity index (χ0n) is 9.54. The predicted molar refractivity (Wildman–Crippen MR) is 62.1 cm³/mol. The molecule has 1 N–H and O–H groups in total. The van der Waals surface area contributed by atoms with Crippen LogP contribution in [0.5, 0.6) is 0 Å². The molecule has 6 heteroatoms. The Balaban J connectivity index is 1.95. The summed E-state index contributed by atoms with van der Waals surface area (Å²) < 4.78 is 6.49. The van der Waals surface area contributed by atoms with Gasteiger partial charge in [-0.3, -0.25) is 9.48 Å². The van der Waals surface area contributed by atoms with E-state index in [0.29, 0.717) is 11.6 Å². The van der Waals surface area contributed by atoms with Crippen LogP contribution in [0.1, 0.15) is 11.3 Å². The number of anilines is 1. The molecule has 2 rings (SSSR count). The number of carbonyl (C=O) groups is 1. The summed E-state index contributed by atoms with van der Waals surface area (Å²) in [6.07, 6.45) is 6.57. The SMILES string of the molecule is Cc1cc(NC(=O)/C=C\c2cnn(C)c2)no1. The third-order valence-corrected chi connectivity index (χ3v) is 2.03. The van der Waals surface area contributed by atoms with Crippen molar-refractivity contribution in [2.24, 2.45) is 7.05 Å². The minimum Gasteiger partial charge on any atom is -0.360 e. The average Bonchev–Trinajstić information content (AvgIpc) is 2.85. The number of amides is 1. The van der Waals surface area contributed by atoms with Crippen molar-refractivity contribution < 1.29 is 9.32 Å². The molecule has 0 spiro atoms. The van der Waals surface area contributed by atoms with E-state index in [1.807, 2.05) is 13.2 Å². The monoisotopic (exact) mass is 232 g/mol. The van der Waals surface area contributed by atoms with E-state index in [1.54, 1.807) is 29.9 Å². The number of nitrogens with one attached hydrogen (secondary N) is 1. The van der Waals surface area contributed by atoms with Crippen LogP contribution >= 0.6 is 0 Å². The van der Waals surface area contributed by atoms with Crippen molar-refractivity contribution in [1.29, 1.82) is 0 Å². The maximum atomic E-state index is 11.5. The number of carbonyl (C=O) groups excluding carboxylic acids is 1. The zero-order valence-corrected chi connectivity index (χ0v) is 9.54. The summed E-state index contributed by atoms with van der Waals surface area (Å²) in [7, 11) is 1.82. The lowest BCUT2D eigenvalue weighted by Gasteiger charge is -1.93. The fourth-order valence-corrected chi connectivity index (χ4v) is 1.29. The number of hydrogen-bond acceptors (Lipinski definition) is 4. The van der Waals surface area contributed by atoms with E-state index in [0.717, 1.165) is 5.56 Å². The largest absolute Gasteiger partial charge is 0.360 e. The second-order valence-electron chi connectivity index (χ2n) is 3.59. The van der Waals surface area contributed by atoms with E-state index in [2.05, 4.69) is 15.6 Å². The van der Waals surface area contributed by atoms with Crippen LogP contribution in [0.3, 0.4) is 0 Å². The molecule has 0 atom stereocenters. The van der Waals surface area contributed by atoms with Gasteiger partial charge in [0, 0.05) is 31.0 Å². The molecule has 0 radical (unpaired) electrons. The number of nitrogens with zero attached hydrogens (tertiary/aromatic N) is 3. The lowest BCUT2D eigenvalue weighted by Crippen LogP contribution is -2.07. The van der Waals surface area contributed by atoms with Crippen LogP contribution in [0, 0.1) is 6.92 Å². The van der Waals surface area contributed by atoms with E-state index in [4.69, 9.17) is 4.52 Å². The quantitative estimate of drug-likeness (QED) is 0.811. The molecular formula is C11H12N4O2. The van der Waals surface area contributed by atoms with Gasteiger partial charge in [0.1, 0.15) is 5.76 Å². The highest BCUT2D eigenvalue weighted by Crippen LogP contribution is 2.07. The number of rotatable bonds is 3. The van der Waals surface area contributed by atoms with Crippen molar-refractivity contribution in [3.05, 3.63) is 35.9 Å². The van der Waals surface area contributed by atoms with Gasteiger partial charge in [-0.2, -0.15) is 5.10 Å². The summed E-state index contributed by atoms with van der Waals surface area (Å²) >= 11 is 0. The van der Waals surface area contributed by atoms with Crippen LogP contribution in [-0.4, -0.2) is 20.8 Å². The predicted octanol–water partition coefficient (Wildman–Crippen LogP) is 1.37. The smallest absolute Gasteiger partial charge is 0.249 e. The first-order valence-corrected chi connectivity index (χ1v) is 5.04. The Morgan fingerprint density at radius 2 is 2.41 bits per heavy atom. The Labute approximate surface area is 97.9 Å². The van der Waals surface area contributed by atoms with Gasteiger partial charge in [0.2, 0.25) is 5.91 Å². The highest BCUT2D eigenvalue weighted by atomic mass is 16.5. The molecule has 1 amide bonds. The normalized spacial score (nSPS) is 10.9. The van der Waals surface area contributed by atoms with E-state index in [9.17, 15) is 4.79 Å². The van der Waals surface area contributed by atoms with Gasteiger partial charge >= 0.3 is 0 Å². The van der Waals surface area contributed by atoms with E-state index in [-0.39, 0.29) is 5.91 Å². The van der Waals surface area contributed by atoms with Gasteiger partial charge in [0.05, 0.1) is 6.20 Å². The second-order valence-corrected chi connectivity index (χ2v) is 3.59. The zero-order chi connectivity index (χ0) is 12.3. The van der Waals surface area contributed by atoms with Gasteiger partial charge in [-0.1, -0.05) is 5.16 Å². The molecule has 2 heterocycles. The van der Waals surface area contributed by atoms with Crippen LogP contribution in [0.15, 0.2) is 29.1 Å². The van der Waals surface area contributed by atoms with Crippen LogP contribution in [0.4, 0.5) is 5.82 Å². The third-order valence-electron chi connectivity index (χ3n) is 2.03. The Morgan fingerprint density at radius 3 is 3.00 bits per heavy atom. The van der Waals surface area contributed by atoms with Crippen molar-refractivity contribution >= 4 is 17.8 Å². The molecule has 0 aliphatic heterocycles. The summed E-state index contributed by atoms with van der Waals surface area (Å²) in [6, 6.07) is 1.65. The highest BCUT2D eigenvalue weighted by molar-refractivity contribution is 6.01. The first-order valence-electron chi connectivity index (χ1n) is 5.04. The summed E-state index contributed by atoms with van der Waals surface area (Å²) in [6.45, 7) is 1.76. The molecule has 0 aliphatic rings. The van der Waals surface area contributed by atoms with Crippen LogP contribution in [0.2, 0.25) is 0 Å². The maximum absolute atomic E-state index is 11.5. The molecule has 6 nitrogen and oxygen atoms in total. The first kappa shape index (κ1) is 11.1. The van der Waals surface area contributed by atoms with Gasteiger partial charge in [-0.15, -0.1) is 0 Å². The molecule has 0 saturated carbocycles. The van der Waals surface area contributed by atoms with Crippen molar-refractivity contribution in [3.8, 4) is 0 Å². The highest BCUT2D eigenvalue weighted by Gasteiger charge is 2.02. The summed E-state index contributed by atoms with van der Waals surface area (Å²) in [4.78, 5) is 11.5. The minimum absolute atomic E-state index is 0.262. The molecule has 0 fully saturated rings. The molecule has 0 aromatic carbocycles. The second kappa shape index (κ2) is 4.65. The van der Waals surface area contributed by atoms with Gasteiger partial charge in [0.15, 0.2) is 5.82 Å². The third kappa shape index (κ3) is 3.04. The molecule has 0 unspecified atom stereocenters. The Hall–Kier alpha value is -2.37. The molecule has 2 aromatic heterocycles. The van der Waals surface area contributed by atoms with Crippen LogP contribution in [-0.2, 0) is 11.8 Å². The molecule has 0 bridgehead atoms. The Morgan fingerprint density at radius 1 is 1.59 bits per heavy atom. The van der Waals surface area contributed by atoms with E-state index < -0.39 is 0 Å². The van der Waals surface area contributed by atoms with E-state index in [1.165, 1.54) is 6.08 Å². The molecule has 17 heavy (non-hydrogen) atoms. The lowest BCUT2D eigenvalue weighted by molar-refractivity contribution is -0.111. The van der Waals surface area contributed by atoms with Gasteiger partial charge in [-0.25, -0.2) is 0 Å². The topological polar surface area (TPSA) is 73.0 Å². The van der Waals surface area contributed by atoms with Crippen molar-refractivity contribution in [1.82, 2.24) is 14.9 Å². The summed E-state index contributed by atoms with van der Waals surface area (Å²) in [5.74, 6) is 0.794. The lowest BCUT2D eigenvalue weighted by atomic mass is 10.3. The molecule has 88 valence electrons. The summed E-state index contributed by atoms with van der Waals surface area (Å²) in [5, 5.41) is 10.2. The number of aromatic nitrogens is 3. The fourth-order valence-electron chi connectivity index (χ4n) is 1.29. The molecule has 2 aromatic rings. The first-order chi connectivity index (χ1) is 8.13. The van der Waals surface area contributed by atoms with Crippen molar-refractivity contribution in [2.75, 3.05) is 5.32 Å². The van der Waals surface area contributed by atoms with Gasteiger partial charge in [0.25, 0.3) is 0 Å². The van der Waals surface area contributed by atoms with Crippen molar-refractivity contribution in [3.63, 3.8) is 0 Å². The Kier molecular flexibility index (Phi) is 3.04. The molecule has 0 saturated heterocycles. The average molecular weight is 232 g/mol. The fraction of sp³-hybridized carbons (Fsp3) is 0.182. The molecule has 0 aliphatic carbocycles. The maximum Gasteiger partial charge on any atom is 0.249 e. The van der Waals surface area contributed by atoms with Crippen LogP contribution < -0.4 is 5.32 Å². The van der Waals surface area contributed by atoms with Gasteiger partial charge in [-0.05, 0) is 13.0 Å².